The lowest BCUT2D eigenvalue weighted by molar-refractivity contribution is 0.181. The van der Waals surface area contributed by atoms with Crippen LogP contribution in [0.4, 0.5) is 0 Å². The molecule has 0 fully saturated rings. The Hall–Kier alpha value is -1.08. The van der Waals surface area contributed by atoms with E-state index in [1.54, 1.807) is 0 Å². The molecular weight excluding hydrogens is 136 g/mol. The van der Waals surface area contributed by atoms with Gasteiger partial charge in [-0.15, -0.1) is 6.53 Å². The van der Waals surface area contributed by atoms with Crippen molar-refractivity contribution in [2.45, 2.75) is 12.5 Å². The zero-order chi connectivity index (χ0) is 9.68. The van der Waals surface area contributed by atoms with Gasteiger partial charge in [-0.05, 0) is 12.0 Å². The highest BCUT2D eigenvalue weighted by atomic mass is 16.3. The Kier molecular flexibility index (Phi) is 1.99. The summed E-state index contributed by atoms with van der Waals surface area (Å²) in [5.74, 6) is 0. The lowest BCUT2D eigenvalue weighted by Crippen LogP contribution is -1.93. The van der Waals surface area contributed by atoms with Crippen molar-refractivity contribution >= 4 is 0 Å². The molecule has 1 rings (SSSR count). The van der Waals surface area contributed by atoms with Gasteiger partial charge < -0.3 is 5.11 Å². The highest BCUT2D eigenvalue weighted by Crippen LogP contribution is 2.15. The van der Waals surface area contributed by atoms with Gasteiger partial charge in [-0.2, -0.15) is 0 Å². The smallest absolute Gasteiger partial charge is 0.0824 e. The van der Waals surface area contributed by atoms with Crippen molar-refractivity contribution in [2.24, 2.45) is 0 Å². The Morgan fingerprint density at radius 1 is 1.55 bits per heavy atom. The predicted molar refractivity (Wildman–Crippen MR) is 46.2 cm³/mol. The van der Waals surface area contributed by atoms with E-state index in [0.717, 1.165) is 5.56 Å². The van der Waals surface area contributed by atoms with Gasteiger partial charge in [0.05, 0.1) is 8.85 Å². The van der Waals surface area contributed by atoms with E-state index in [-0.39, 0.29) is 6.53 Å². The zero-order valence-electron chi connectivity index (χ0n) is 8.20. The second-order valence-electron chi connectivity index (χ2n) is 2.37. The summed E-state index contributed by atoms with van der Waals surface area (Å²) in [7, 11) is 0. The molecule has 0 radical (unpaired) electrons. The van der Waals surface area contributed by atoms with Gasteiger partial charge in [0.15, 0.2) is 0 Å². The van der Waals surface area contributed by atoms with Crippen molar-refractivity contribution in [1.29, 1.82) is 0 Å². The van der Waals surface area contributed by atoms with Crippen LogP contribution in [0.25, 0.3) is 0 Å². The van der Waals surface area contributed by atoms with Crippen LogP contribution in [0.1, 0.15) is 20.8 Å². The molecule has 0 aliphatic rings. The summed E-state index contributed by atoms with van der Waals surface area (Å²) in [5.41, 5.74) is 0.819. The van der Waals surface area contributed by atoms with Gasteiger partial charge in [-0.1, -0.05) is 36.4 Å². The Balaban J connectivity index is 2.59. The summed E-state index contributed by atoms with van der Waals surface area (Å²) in [4.78, 5) is 0. The third-order valence-corrected chi connectivity index (χ3v) is 1.53. The number of aliphatic hydroxyl groups is 1. The highest BCUT2D eigenvalue weighted by Gasteiger charge is 2.02. The van der Waals surface area contributed by atoms with E-state index in [1.165, 1.54) is 6.08 Å². The Morgan fingerprint density at radius 2 is 2.27 bits per heavy atom. The fourth-order valence-electron chi connectivity index (χ4n) is 0.923. The van der Waals surface area contributed by atoms with Crippen LogP contribution in [-0.2, 0) is 0 Å². The number of aliphatic hydroxyl groups excluding tert-OH is 1. The third kappa shape index (κ3) is 2.20. The molecule has 1 unspecified atom stereocenters. The first-order valence-electron chi connectivity index (χ1n) is 4.56. The molecule has 0 saturated carbocycles. The summed E-state index contributed by atoms with van der Waals surface area (Å²) in [5, 5.41) is 9.56. The van der Waals surface area contributed by atoms with E-state index in [9.17, 15) is 5.11 Å². The predicted octanol–water partition coefficient (Wildman–Crippen LogP) is 2.30. The van der Waals surface area contributed by atoms with Crippen molar-refractivity contribution < 1.29 is 7.85 Å². The topological polar surface area (TPSA) is 20.2 Å². The van der Waals surface area contributed by atoms with Crippen molar-refractivity contribution in [2.75, 3.05) is 0 Å². The molecule has 1 nitrogen and oxygen atoms in total. The van der Waals surface area contributed by atoms with E-state index in [2.05, 4.69) is 0 Å². The van der Waals surface area contributed by atoms with E-state index in [4.69, 9.17) is 2.74 Å². The first-order chi connectivity index (χ1) is 6.20. The molecular formula is C10H12O. The van der Waals surface area contributed by atoms with Crippen molar-refractivity contribution in [1.82, 2.24) is 0 Å². The van der Waals surface area contributed by atoms with Gasteiger partial charge in [0, 0.05) is 0 Å². The molecule has 1 N–H and O–H groups in total. The molecule has 0 aromatic heterocycles. The Morgan fingerprint density at radius 3 is 2.91 bits per heavy atom. The average molecular weight is 150 g/mol. The van der Waals surface area contributed by atoms with Crippen LogP contribution in [0, 0.1) is 0 Å². The van der Waals surface area contributed by atoms with Crippen molar-refractivity contribution in [3.8, 4) is 0 Å². The van der Waals surface area contributed by atoms with Gasteiger partial charge in [-0.25, -0.2) is 0 Å². The minimum Gasteiger partial charge on any atom is -0.388 e. The van der Waals surface area contributed by atoms with Gasteiger partial charge >= 0.3 is 0 Å². The summed E-state index contributed by atoms with van der Waals surface area (Å²) in [6, 6.07) is 9.24. The second-order valence-corrected chi connectivity index (χ2v) is 2.37. The minimum absolute atomic E-state index is 0.255. The van der Waals surface area contributed by atoms with Crippen LogP contribution in [0.3, 0.4) is 0 Å². The maximum atomic E-state index is 9.56. The lowest BCUT2D eigenvalue weighted by atomic mass is 10.1. The highest BCUT2D eigenvalue weighted by molar-refractivity contribution is 5.17. The van der Waals surface area contributed by atoms with Crippen LogP contribution in [0.5, 0.6) is 0 Å². The molecule has 58 valence electrons. The Bertz CT molecular complexity index is 278. The van der Waals surface area contributed by atoms with Gasteiger partial charge in [0.25, 0.3) is 0 Å². The lowest BCUT2D eigenvalue weighted by Gasteiger charge is -2.06. The standard InChI is InChI=1S/C10H12O/c1-2-6-10(11)9-7-4-3-5-8-9/h2-5,7-8,10-11H,1,6H2/i1D2. The van der Waals surface area contributed by atoms with Crippen LogP contribution in [0.15, 0.2) is 42.9 Å². The van der Waals surface area contributed by atoms with E-state index in [1.807, 2.05) is 30.3 Å². The molecule has 0 spiro atoms. The average Bonchev–Trinajstić information content (AvgIpc) is 2.15. The fraction of sp³-hybridized carbons (Fsp3) is 0.200. The van der Waals surface area contributed by atoms with Crippen LogP contribution < -0.4 is 0 Å². The van der Waals surface area contributed by atoms with Crippen LogP contribution >= 0.6 is 0 Å². The SMILES string of the molecule is [2H]C([2H])=CCC(O)c1ccccc1. The molecule has 1 aromatic rings. The monoisotopic (exact) mass is 150 g/mol. The number of benzene rings is 1. The van der Waals surface area contributed by atoms with E-state index >= 15 is 0 Å². The largest absolute Gasteiger partial charge is 0.388 e. The molecule has 0 heterocycles. The summed E-state index contributed by atoms with van der Waals surface area (Å²) >= 11 is 0. The van der Waals surface area contributed by atoms with E-state index < -0.39 is 6.10 Å². The van der Waals surface area contributed by atoms with Crippen LogP contribution in [-0.4, -0.2) is 5.11 Å². The molecule has 0 aliphatic carbocycles. The maximum Gasteiger partial charge on any atom is 0.0824 e. The molecule has 1 aromatic carbocycles. The molecule has 0 saturated heterocycles. The molecule has 0 aliphatic heterocycles. The van der Waals surface area contributed by atoms with Crippen LogP contribution in [0.2, 0.25) is 0 Å². The molecule has 0 amide bonds. The van der Waals surface area contributed by atoms with Crippen molar-refractivity contribution in [3.05, 3.63) is 48.5 Å². The quantitative estimate of drug-likeness (QED) is 0.655. The minimum atomic E-state index is -0.605. The first-order valence-corrected chi connectivity index (χ1v) is 3.56. The third-order valence-electron chi connectivity index (χ3n) is 1.53. The van der Waals surface area contributed by atoms with E-state index in [0.29, 0.717) is 6.42 Å². The molecule has 1 atom stereocenters. The molecule has 11 heavy (non-hydrogen) atoms. The Labute approximate surface area is 69.8 Å². The normalized spacial score (nSPS) is 14.6. The summed E-state index contributed by atoms with van der Waals surface area (Å²) in [6.45, 7) is -0.255. The second kappa shape index (κ2) is 3.94. The van der Waals surface area contributed by atoms with Crippen molar-refractivity contribution in [3.63, 3.8) is 0 Å². The van der Waals surface area contributed by atoms with Gasteiger partial charge in [0.2, 0.25) is 0 Å². The number of rotatable bonds is 3. The summed E-state index contributed by atoms with van der Waals surface area (Å²) < 4.78 is 13.7. The number of hydrogen-bond donors (Lipinski definition) is 1. The summed E-state index contributed by atoms with van der Waals surface area (Å²) in [6.07, 6.45) is 1.11. The first kappa shape index (κ1) is 5.56. The fourth-order valence-corrected chi connectivity index (χ4v) is 0.923. The molecule has 1 heteroatoms. The van der Waals surface area contributed by atoms with Gasteiger partial charge in [-0.3, -0.25) is 0 Å². The maximum absolute atomic E-state index is 9.56. The van der Waals surface area contributed by atoms with Gasteiger partial charge in [0.1, 0.15) is 0 Å². The molecule has 0 bridgehead atoms. The zero-order valence-corrected chi connectivity index (χ0v) is 6.20. The number of hydrogen-bond acceptors (Lipinski definition) is 1.